The monoisotopic (exact) mass is 505 g/mol. The summed E-state index contributed by atoms with van der Waals surface area (Å²) >= 11 is 6.13. The Labute approximate surface area is 214 Å². The number of phenols is 1. The number of carbonyl (C=O) groups is 2. The van der Waals surface area contributed by atoms with Crippen LogP contribution in [-0.4, -0.2) is 37.5 Å². The van der Waals surface area contributed by atoms with E-state index in [-0.39, 0.29) is 24.1 Å². The standard InChI is InChI=1S/C27H28ClN5O3/c1-4-27(2,3)29-26(36)25(18-9-15-21(34)16-10-18)33(20-13-11-19(28)12-14-20)24(35)17-32-23-8-6-5-7-22(23)30-31-32/h5-16,25,34H,4,17H2,1-3H3,(H,29,36)/t25-/m1/s1. The van der Waals surface area contributed by atoms with Crippen molar-refractivity contribution in [2.45, 2.75) is 45.3 Å². The average molecular weight is 506 g/mol. The molecule has 186 valence electrons. The molecule has 0 fully saturated rings. The zero-order chi connectivity index (χ0) is 25.9. The van der Waals surface area contributed by atoms with Gasteiger partial charge in [-0.25, -0.2) is 4.68 Å². The van der Waals surface area contributed by atoms with Crippen molar-refractivity contribution in [2.24, 2.45) is 0 Å². The van der Waals surface area contributed by atoms with Crippen molar-refractivity contribution in [1.29, 1.82) is 0 Å². The number of halogens is 1. The van der Waals surface area contributed by atoms with Gasteiger partial charge in [-0.15, -0.1) is 5.10 Å². The molecule has 1 aromatic heterocycles. The van der Waals surface area contributed by atoms with Crippen molar-refractivity contribution in [3.05, 3.63) is 83.4 Å². The number of nitrogens with one attached hydrogen (secondary N) is 1. The molecule has 0 aliphatic rings. The summed E-state index contributed by atoms with van der Waals surface area (Å²) in [5, 5.41) is 21.7. The number of carbonyl (C=O) groups excluding carboxylic acids is 2. The van der Waals surface area contributed by atoms with Crippen molar-refractivity contribution in [3.63, 3.8) is 0 Å². The maximum Gasteiger partial charge on any atom is 0.249 e. The lowest BCUT2D eigenvalue weighted by Gasteiger charge is -2.34. The van der Waals surface area contributed by atoms with Gasteiger partial charge in [0.1, 0.15) is 23.9 Å². The fourth-order valence-corrected chi connectivity index (χ4v) is 3.97. The fraction of sp³-hybridized carbons (Fsp3) is 0.259. The lowest BCUT2D eigenvalue weighted by molar-refractivity contribution is -0.128. The molecule has 9 heteroatoms. The second kappa shape index (κ2) is 10.4. The lowest BCUT2D eigenvalue weighted by Crippen LogP contribution is -2.51. The number of nitrogens with zero attached hydrogens (tertiary/aromatic N) is 4. The number of para-hydroxylation sites is 1. The maximum atomic E-state index is 13.9. The first-order valence-electron chi connectivity index (χ1n) is 11.7. The number of anilines is 1. The number of fused-ring (bicyclic) bond motifs is 1. The SMILES string of the molecule is CCC(C)(C)NC(=O)[C@@H](c1ccc(O)cc1)N(C(=O)Cn1nnc2ccccc21)c1ccc(Cl)cc1. The van der Waals surface area contributed by atoms with Crippen LogP contribution in [0.15, 0.2) is 72.8 Å². The van der Waals surface area contributed by atoms with E-state index in [2.05, 4.69) is 15.6 Å². The molecule has 1 atom stereocenters. The van der Waals surface area contributed by atoms with E-state index in [1.807, 2.05) is 45.0 Å². The number of amides is 2. The molecule has 8 nitrogen and oxygen atoms in total. The van der Waals surface area contributed by atoms with Crippen LogP contribution in [0.4, 0.5) is 5.69 Å². The molecular weight excluding hydrogens is 478 g/mol. The highest BCUT2D eigenvalue weighted by Crippen LogP contribution is 2.31. The highest BCUT2D eigenvalue weighted by atomic mass is 35.5. The molecule has 3 aromatic carbocycles. The zero-order valence-electron chi connectivity index (χ0n) is 20.4. The van der Waals surface area contributed by atoms with E-state index >= 15 is 0 Å². The maximum absolute atomic E-state index is 13.9. The third-order valence-electron chi connectivity index (χ3n) is 6.14. The predicted molar refractivity (Wildman–Crippen MR) is 140 cm³/mol. The van der Waals surface area contributed by atoms with Gasteiger partial charge in [-0.05, 0) is 74.4 Å². The number of hydrogen-bond donors (Lipinski definition) is 2. The van der Waals surface area contributed by atoms with Gasteiger partial charge in [0.15, 0.2) is 0 Å². The van der Waals surface area contributed by atoms with E-state index in [9.17, 15) is 14.7 Å². The largest absolute Gasteiger partial charge is 0.508 e. The van der Waals surface area contributed by atoms with E-state index in [1.165, 1.54) is 21.7 Å². The average Bonchev–Trinajstić information content (AvgIpc) is 3.26. The Hall–Kier alpha value is -3.91. The molecule has 0 aliphatic carbocycles. The first kappa shape index (κ1) is 25.2. The predicted octanol–water partition coefficient (Wildman–Crippen LogP) is 4.87. The number of aromatic nitrogens is 3. The second-order valence-corrected chi connectivity index (χ2v) is 9.63. The van der Waals surface area contributed by atoms with Crippen molar-refractivity contribution in [1.82, 2.24) is 20.3 Å². The molecule has 36 heavy (non-hydrogen) atoms. The highest BCUT2D eigenvalue weighted by Gasteiger charge is 2.35. The number of phenolic OH excluding ortho intramolecular Hbond substituents is 1. The number of hydrogen-bond acceptors (Lipinski definition) is 5. The van der Waals surface area contributed by atoms with Crippen LogP contribution in [-0.2, 0) is 16.1 Å². The van der Waals surface area contributed by atoms with E-state index in [1.54, 1.807) is 36.4 Å². The quantitative estimate of drug-likeness (QED) is 0.356. The van der Waals surface area contributed by atoms with Crippen LogP contribution in [0.5, 0.6) is 5.75 Å². The summed E-state index contributed by atoms with van der Waals surface area (Å²) in [6.07, 6.45) is 0.695. The highest BCUT2D eigenvalue weighted by molar-refractivity contribution is 6.30. The Kier molecular flexibility index (Phi) is 7.26. The van der Waals surface area contributed by atoms with Gasteiger partial charge in [-0.1, -0.05) is 48.0 Å². The molecule has 0 spiro atoms. The summed E-state index contributed by atoms with van der Waals surface area (Å²) in [4.78, 5) is 29.2. The Balaban J connectivity index is 1.81. The minimum Gasteiger partial charge on any atom is -0.508 e. The van der Waals surface area contributed by atoms with E-state index in [0.29, 0.717) is 33.7 Å². The van der Waals surface area contributed by atoms with Crippen LogP contribution in [0.2, 0.25) is 5.02 Å². The third-order valence-corrected chi connectivity index (χ3v) is 6.39. The van der Waals surface area contributed by atoms with Gasteiger partial charge in [0.25, 0.3) is 0 Å². The summed E-state index contributed by atoms with van der Waals surface area (Å²) in [6, 6.07) is 19.4. The molecule has 0 aliphatic heterocycles. The molecule has 0 saturated carbocycles. The Morgan fingerprint density at radius 1 is 1.06 bits per heavy atom. The molecule has 2 N–H and O–H groups in total. The van der Waals surface area contributed by atoms with Crippen LogP contribution in [0.3, 0.4) is 0 Å². The number of rotatable bonds is 8. The van der Waals surface area contributed by atoms with Crippen LogP contribution >= 0.6 is 11.6 Å². The first-order valence-corrected chi connectivity index (χ1v) is 12.0. The summed E-state index contributed by atoms with van der Waals surface area (Å²) in [5.74, 6) is -0.653. The summed E-state index contributed by atoms with van der Waals surface area (Å²) in [5.41, 5.74) is 1.92. The number of aromatic hydroxyl groups is 1. The molecule has 2 amide bonds. The Morgan fingerprint density at radius 3 is 2.39 bits per heavy atom. The van der Waals surface area contributed by atoms with Gasteiger partial charge in [0.2, 0.25) is 11.8 Å². The molecular formula is C27H28ClN5O3. The van der Waals surface area contributed by atoms with Crippen LogP contribution < -0.4 is 10.2 Å². The van der Waals surface area contributed by atoms with E-state index in [4.69, 9.17) is 11.6 Å². The third kappa shape index (κ3) is 5.49. The summed E-state index contributed by atoms with van der Waals surface area (Å²) < 4.78 is 1.52. The summed E-state index contributed by atoms with van der Waals surface area (Å²) in [7, 11) is 0. The van der Waals surface area contributed by atoms with Gasteiger partial charge >= 0.3 is 0 Å². The minimum atomic E-state index is -1.01. The zero-order valence-corrected chi connectivity index (χ0v) is 21.1. The topological polar surface area (TPSA) is 100 Å². The van der Waals surface area contributed by atoms with Crippen LogP contribution in [0.1, 0.15) is 38.8 Å². The Morgan fingerprint density at radius 2 is 1.72 bits per heavy atom. The van der Waals surface area contributed by atoms with Gasteiger partial charge in [-0.2, -0.15) is 0 Å². The molecule has 0 radical (unpaired) electrons. The lowest BCUT2D eigenvalue weighted by atomic mass is 9.98. The van der Waals surface area contributed by atoms with Crippen LogP contribution in [0.25, 0.3) is 11.0 Å². The Bertz CT molecular complexity index is 1370. The van der Waals surface area contributed by atoms with Gasteiger partial charge in [0.05, 0.1) is 5.52 Å². The molecule has 4 aromatic rings. The first-order chi connectivity index (χ1) is 17.2. The van der Waals surface area contributed by atoms with Gasteiger partial charge in [0, 0.05) is 16.2 Å². The van der Waals surface area contributed by atoms with Crippen LogP contribution in [0, 0.1) is 0 Å². The molecule has 4 rings (SSSR count). The van der Waals surface area contributed by atoms with Crippen molar-refractivity contribution >= 4 is 40.1 Å². The summed E-state index contributed by atoms with van der Waals surface area (Å²) in [6.45, 7) is 5.69. The smallest absolute Gasteiger partial charge is 0.249 e. The molecule has 1 heterocycles. The minimum absolute atomic E-state index is 0.0604. The van der Waals surface area contributed by atoms with E-state index in [0.717, 1.165) is 0 Å². The molecule has 0 saturated heterocycles. The van der Waals surface area contributed by atoms with Crippen molar-refractivity contribution < 1.29 is 14.7 Å². The molecule has 0 bridgehead atoms. The van der Waals surface area contributed by atoms with Gasteiger partial charge < -0.3 is 10.4 Å². The van der Waals surface area contributed by atoms with Crippen molar-refractivity contribution in [3.8, 4) is 5.75 Å². The van der Waals surface area contributed by atoms with Crippen molar-refractivity contribution in [2.75, 3.05) is 4.90 Å². The number of benzene rings is 3. The van der Waals surface area contributed by atoms with E-state index < -0.39 is 11.6 Å². The normalized spacial score (nSPS) is 12.3. The fourth-order valence-electron chi connectivity index (χ4n) is 3.84. The second-order valence-electron chi connectivity index (χ2n) is 9.20. The van der Waals surface area contributed by atoms with Gasteiger partial charge in [-0.3, -0.25) is 14.5 Å². The molecule has 0 unspecified atom stereocenters.